The molecule has 1 aromatic carbocycles. The van der Waals surface area contributed by atoms with Crippen LogP contribution in [0.2, 0.25) is 5.02 Å². The molecule has 17 heavy (non-hydrogen) atoms. The van der Waals surface area contributed by atoms with Gasteiger partial charge in [-0.25, -0.2) is 4.99 Å². The van der Waals surface area contributed by atoms with E-state index in [0.29, 0.717) is 10.6 Å². The van der Waals surface area contributed by atoms with E-state index >= 15 is 0 Å². The highest BCUT2D eigenvalue weighted by Crippen LogP contribution is 2.33. The lowest BCUT2D eigenvalue weighted by Gasteiger charge is -2.30. The highest BCUT2D eigenvalue weighted by Gasteiger charge is 2.41. The zero-order valence-corrected chi connectivity index (χ0v) is 9.20. The molecule has 1 heterocycles. The van der Waals surface area contributed by atoms with Crippen molar-refractivity contribution in [2.75, 3.05) is 0 Å². The van der Waals surface area contributed by atoms with Crippen LogP contribution in [0.25, 0.3) is 0 Å². The first-order valence-electron chi connectivity index (χ1n) is 4.72. The lowest BCUT2D eigenvalue weighted by atomic mass is 10.1. The second kappa shape index (κ2) is 4.41. The molecule has 89 valence electrons. The number of hydrogen-bond acceptors (Lipinski definition) is 2. The van der Waals surface area contributed by atoms with E-state index in [1.807, 2.05) is 6.34 Å². The monoisotopic (exact) mass is 259 g/mol. The second-order valence-electron chi connectivity index (χ2n) is 3.40. The van der Waals surface area contributed by atoms with Crippen molar-refractivity contribution < 1.29 is 13.2 Å². The van der Waals surface area contributed by atoms with Crippen molar-refractivity contribution in [2.45, 2.75) is 12.3 Å². The fourth-order valence-electron chi connectivity index (χ4n) is 1.50. The van der Waals surface area contributed by atoms with Crippen molar-refractivity contribution in [3.8, 4) is 0 Å². The summed E-state index contributed by atoms with van der Waals surface area (Å²) in [6.07, 6.45) is 0.0680. The lowest BCUT2D eigenvalue weighted by molar-refractivity contribution is -0.224. The van der Waals surface area contributed by atoms with E-state index in [0.717, 1.165) is 0 Å². The molecular formula is C11H7ClF3N2. The van der Waals surface area contributed by atoms with Crippen molar-refractivity contribution in [2.24, 2.45) is 4.99 Å². The van der Waals surface area contributed by atoms with Crippen LogP contribution in [-0.2, 0) is 0 Å². The molecule has 1 radical (unpaired) electrons. The Labute approximate surface area is 101 Å². The third-order valence-electron chi connectivity index (χ3n) is 2.27. The summed E-state index contributed by atoms with van der Waals surface area (Å²) in [5.74, 6) is 0. The third-order valence-corrected chi connectivity index (χ3v) is 2.52. The van der Waals surface area contributed by atoms with Gasteiger partial charge in [-0.3, -0.25) is 4.90 Å². The molecule has 1 aliphatic heterocycles. The van der Waals surface area contributed by atoms with Gasteiger partial charge in [0.05, 0.1) is 6.04 Å². The highest BCUT2D eigenvalue weighted by molar-refractivity contribution is 6.30. The smallest absolute Gasteiger partial charge is 0.254 e. The molecule has 1 aromatic rings. The first-order chi connectivity index (χ1) is 7.98. The largest absolute Gasteiger partial charge is 0.486 e. The molecule has 2 rings (SSSR count). The molecule has 0 saturated heterocycles. The molecule has 2 nitrogen and oxygen atoms in total. The molecule has 0 N–H and O–H groups in total. The van der Waals surface area contributed by atoms with Crippen LogP contribution >= 0.6 is 11.6 Å². The van der Waals surface area contributed by atoms with Gasteiger partial charge in [0.15, 0.2) is 6.34 Å². The van der Waals surface area contributed by atoms with Crippen LogP contribution in [0.5, 0.6) is 0 Å². The number of hydrogen-bond donors (Lipinski definition) is 0. The Kier molecular flexibility index (Phi) is 3.11. The Bertz CT molecular complexity index is 451. The van der Waals surface area contributed by atoms with Gasteiger partial charge in [0.2, 0.25) is 0 Å². The van der Waals surface area contributed by atoms with Crippen LogP contribution in [0.1, 0.15) is 11.6 Å². The Morgan fingerprint density at radius 1 is 1.24 bits per heavy atom. The molecule has 0 fully saturated rings. The lowest BCUT2D eigenvalue weighted by Crippen LogP contribution is -2.40. The average Bonchev–Trinajstić information content (AvgIpc) is 2.29. The minimum absolute atomic E-state index is 0.121. The molecule has 0 saturated carbocycles. The number of benzene rings is 1. The van der Waals surface area contributed by atoms with Crippen LogP contribution in [0, 0.1) is 0 Å². The number of alkyl halides is 3. The van der Waals surface area contributed by atoms with E-state index in [-0.39, 0.29) is 4.90 Å². The van der Waals surface area contributed by atoms with Gasteiger partial charge >= 0.3 is 6.30 Å². The van der Waals surface area contributed by atoms with Crippen molar-refractivity contribution in [1.82, 2.24) is 4.90 Å². The maximum Gasteiger partial charge on any atom is 0.486 e. The molecule has 0 bridgehead atoms. The number of aliphatic imine (C=N–C) groups is 1. The SMILES string of the molecule is FC(F)(F)N1[C]=NC=CC1c1ccc(Cl)cc1. The predicted octanol–water partition coefficient (Wildman–Crippen LogP) is 3.64. The standard InChI is InChI=1S/C11H7ClF3N2/c12-9-3-1-8(2-4-9)10-5-6-16-7-17(10)11(13,14)15/h1-6,10H. The molecular weight excluding hydrogens is 253 g/mol. The fourth-order valence-corrected chi connectivity index (χ4v) is 1.63. The summed E-state index contributed by atoms with van der Waals surface area (Å²) in [5, 5.41) is 0.477. The van der Waals surface area contributed by atoms with Crippen LogP contribution < -0.4 is 0 Å². The predicted molar refractivity (Wildman–Crippen MR) is 58.7 cm³/mol. The van der Waals surface area contributed by atoms with Crippen LogP contribution in [0.15, 0.2) is 41.5 Å². The molecule has 0 amide bonds. The van der Waals surface area contributed by atoms with E-state index in [4.69, 9.17) is 11.6 Å². The minimum atomic E-state index is -4.52. The molecule has 6 heteroatoms. The molecule has 0 spiro atoms. The van der Waals surface area contributed by atoms with Crippen LogP contribution in [0.3, 0.4) is 0 Å². The summed E-state index contributed by atoms with van der Waals surface area (Å²) in [6.45, 7) is 0. The maximum absolute atomic E-state index is 12.7. The van der Waals surface area contributed by atoms with Crippen molar-refractivity contribution in [3.05, 3.63) is 47.1 Å². The van der Waals surface area contributed by atoms with Gasteiger partial charge in [0.1, 0.15) is 0 Å². The number of nitrogens with zero attached hydrogens (tertiary/aromatic N) is 2. The topological polar surface area (TPSA) is 15.6 Å². The van der Waals surface area contributed by atoms with Gasteiger partial charge in [-0.1, -0.05) is 23.7 Å². The molecule has 1 atom stereocenters. The molecule has 1 aliphatic rings. The molecule has 1 unspecified atom stereocenters. The summed E-state index contributed by atoms with van der Waals surface area (Å²) in [5.41, 5.74) is 0.477. The highest BCUT2D eigenvalue weighted by atomic mass is 35.5. The van der Waals surface area contributed by atoms with E-state index in [2.05, 4.69) is 4.99 Å². The van der Waals surface area contributed by atoms with Gasteiger partial charge in [0.25, 0.3) is 0 Å². The van der Waals surface area contributed by atoms with Gasteiger partial charge in [-0.05, 0) is 23.8 Å². The summed E-state index contributed by atoms with van der Waals surface area (Å²) in [7, 11) is 0. The van der Waals surface area contributed by atoms with Gasteiger partial charge < -0.3 is 0 Å². The van der Waals surface area contributed by atoms with E-state index in [1.165, 1.54) is 12.3 Å². The Hall–Kier alpha value is -1.49. The van der Waals surface area contributed by atoms with Crippen molar-refractivity contribution in [1.29, 1.82) is 0 Å². The van der Waals surface area contributed by atoms with Gasteiger partial charge in [0, 0.05) is 11.2 Å². The average molecular weight is 260 g/mol. The zero-order valence-electron chi connectivity index (χ0n) is 8.45. The summed E-state index contributed by atoms with van der Waals surface area (Å²) in [6, 6.07) is 5.23. The fraction of sp³-hybridized carbons (Fsp3) is 0.182. The summed E-state index contributed by atoms with van der Waals surface area (Å²) < 4.78 is 38.1. The van der Waals surface area contributed by atoms with Gasteiger partial charge in [-0.2, -0.15) is 0 Å². The van der Waals surface area contributed by atoms with Crippen molar-refractivity contribution >= 4 is 17.9 Å². The molecule has 0 aromatic heterocycles. The third kappa shape index (κ3) is 2.61. The van der Waals surface area contributed by atoms with E-state index in [9.17, 15) is 13.2 Å². The maximum atomic E-state index is 12.7. The Morgan fingerprint density at radius 3 is 2.47 bits per heavy atom. The first-order valence-corrected chi connectivity index (χ1v) is 5.10. The van der Waals surface area contributed by atoms with Crippen LogP contribution in [-0.4, -0.2) is 17.5 Å². The first kappa shape index (κ1) is 12.0. The van der Waals surface area contributed by atoms with Crippen molar-refractivity contribution in [3.63, 3.8) is 0 Å². The van der Waals surface area contributed by atoms with E-state index < -0.39 is 12.3 Å². The Morgan fingerprint density at radius 2 is 1.88 bits per heavy atom. The van der Waals surface area contributed by atoms with Crippen LogP contribution in [0.4, 0.5) is 13.2 Å². The quantitative estimate of drug-likeness (QED) is 0.703. The Balaban J connectivity index is 2.33. The number of rotatable bonds is 1. The summed E-state index contributed by atoms with van der Waals surface area (Å²) >= 11 is 5.69. The number of halogens is 4. The zero-order chi connectivity index (χ0) is 12.5. The minimum Gasteiger partial charge on any atom is -0.254 e. The normalized spacial score (nSPS) is 19.8. The second-order valence-corrected chi connectivity index (χ2v) is 3.84. The van der Waals surface area contributed by atoms with Gasteiger partial charge in [-0.15, -0.1) is 13.2 Å². The van der Waals surface area contributed by atoms with E-state index in [1.54, 1.807) is 24.3 Å². The summed E-state index contributed by atoms with van der Waals surface area (Å²) in [4.78, 5) is 3.49. The molecule has 0 aliphatic carbocycles.